The minimum atomic E-state index is -0.522. The molecule has 0 saturated heterocycles. The van der Waals surface area contributed by atoms with Crippen LogP contribution in [0.15, 0.2) is 12.1 Å². The van der Waals surface area contributed by atoms with Gasteiger partial charge in [-0.25, -0.2) is 4.39 Å². The van der Waals surface area contributed by atoms with Crippen molar-refractivity contribution in [1.29, 1.82) is 0 Å². The van der Waals surface area contributed by atoms with Crippen molar-refractivity contribution in [2.24, 2.45) is 0 Å². The van der Waals surface area contributed by atoms with E-state index in [-0.39, 0.29) is 17.4 Å². The second-order valence-electron chi connectivity index (χ2n) is 3.98. The number of methoxy groups -OCH3 is 1. The van der Waals surface area contributed by atoms with E-state index >= 15 is 0 Å². The van der Waals surface area contributed by atoms with Crippen molar-refractivity contribution in [1.82, 2.24) is 0 Å². The molecule has 0 unspecified atom stereocenters. The first-order chi connectivity index (χ1) is 6.94. The Labute approximate surface area is 93.6 Å². The summed E-state index contributed by atoms with van der Waals surface area (Å²) in [5, 5.41) is 9.19. The van der Waals surface area contributed by atoms with Crippen molar-refractivity contribution < 1.29 is 14.2 Å². The SMILES string of the molecule is COc1c(C(C)(C)CO)ccc(F)c1Cl. The normalized spacial score (nSPS) is 11.6. The Balaban J connectivity index is 3.37. The van der Waals surface area contributed by atoms with Gasteiger partial charge in [-0.05, 0) is 6.07 Å². The topological polar surface area (TPSA) is 29.5 Å². The molecule has 0 aliphatic carbocycles. The highest BCUT2D eigenvalue weighted by molar-refractivity contribution is 6.32. The highest BCUT2D eigenvalue weighted by Crippen LogP contribution is 2.37. The summed E-state index contributed by atoms with van der Waals surface area (Å²) in [7, 11) is 1.43. The Morgan fingerprint density at radius 1 is 1.47 bits per heavy atom. The van der Waals surface area contributed by atoms with Crippen LogP contribution in [0, 0.1) is 5.82 Å². The highest BCUT2D eigenvalue weighted by atomic mass is 35.5. The zero-order valence-corrected chi connectivity index (χ0v) is 9.73. The standard InChI is InChI=1S/C11H14ClFO2/c1-11(2,6-14)7-4-5-8(13)9(12)10(7)15-3/h4-5,14H,6H2,1-3H3. The molecule has 0 aliphatic heterocycles. The molecule has 0 radical (unpaired) electrons. The van der Waals surface area contributed by atoms with Crippen LogP contribution in [0.5, 0.6) is 5.75 Å². The number of hydrogen-bond donors (Lipinski definition) is 1. The lowest BCUT2D eigenvalue weighted by Gasteiger charge is -2.25. The summed E-state index contributed by atoms with van der Waals surface area (Å²) in [4.78, 5) is 0. The van der Waals surface area contributed by atoms with Gasteiger partial charge in [-0.15, -0.1) is 0 Å². The van der Waals surface area contributed by atoms with E-state index in [1.165, 1.54) is 13.2 Å². The quantitative estimate of drug-likeness (QED) is 0.869. The van der Waals surface area contributed by atoms with Crippen LogP contribution in [0.4, 0.5) is 4.39 Å². The molecule has 4 heteroatoms. The Bertz CT molecular complexity index is 364. The fourth-order valence-corrected chi connectivity index (χ4v) is 1.59. The molecule has 0 aromatic heterocycles. The zero-order chi connectivity index (χ0) is 11.6. The molecule has 0 atom stereocenters. The molecule has 2 nitrogen and oxygen atoms in total. The minimum Gasteiger partial charge on any atom is -0.495 e. The first kappa shape index (κ1) is 12.3. The molecular formula is C11H14ClFO2. The summed E-state index contributed by atoms with van der Waals surface area (Å²) >= 11 is 5.78. The smallest absolute Gasteiger partial charge is 0.145 e. The van der Waals surface area contributed by atoms with Crippen molar-refractivity contribution in [3.8, 4) is 5.75 Å². The van der Waals surface area contributed by atoms with Gasteiger partial charge in [0.2, 0.25) is 0 Å². The fraction of sp³-hybridized carbons (Fsp3) is 0.455. The first-order valence-electron chi connectivity index (χ1n) is 4.57. The molecule has 15 heavy (non-hydrogen) atoms. The maximum atomic E-state index is 13.2. The summed E-state index contributed by atoms with van der Waals surface area (Å²) in [6, 6.07) is 2.86. The lowest BCUT2D eigenvalue weighted by Crippen LogP contribution is -2.23. The number of benzene rings is 1. The molecule has 0 fully saturated rings. The van der Waals surface area contributed by atoms with E-state index in [4.69, 9.17) is 16.3 Å². The van der Waals surface area contributed by atoms with Crippen molar-refractivity contribution >= 4 is 11.6 Å². The highest BCUT2D eigenvalue weighted by Gasteiger charge is 2.26. The summed E-state index contributed by atoms with van der Waals surface area (Å²) in [6.07, 6.45) is 0. The van der Waals surface area contributed by atoms with E-state index in [1.54, 1.807) is 6.07 Å². The number of halogens is 2. The van der Waals surface area contributed by atoms with Crippen LogP contribution in [0.3, 0.4) is 0 Å². The van der Waals surface area contributed by atoms with Gasteiger partial charge in [-0.3, -0.25) is 0 Å². The van der Waals surface area contributed by atoms with E-state index in [1.807, 2.05) is 13.8 Å². The Morgan fingerprint density at radius 2 is 2.07 bits per heavy atom. The molecule has 0 spiro atoms. The molecule has 0 amide bonds. The molecule has 0 aliphatic rings. The van der Waals surface area contributed by atoms with Gasteiger partial charge in [0.25, 0.3) is 0 Å². The second kappa shape index (κ2) is 4.37. The van der Waals surface area contributed by atoms with Crippen LogP contribution in [-0.4, -0.2) is 18.8 Å². The van der Waals surface area contributed by atoms with Crippen LogP contribution in [0.2, 0.25) is 5.02 Å². The Hall–Kier alpha value is -0.800. The molecule has 1 N–H and O–H groups in total. The predicted octanol–water partition coefficient (Wildman–Crippen LogP) is 2.76. The van der Waals surface area contributed by atoms with E-state index in [9.17, 15) is 9.50 Å². The van der Waals surface area contributed by atoms with Gasteiger partial charge >= 0.3 is 0 Å². The lowest BCUT2D eigenvalue weighted by molar-refractivity contribution is 0.214. The van der Waals surface area contributed by atoms with Crippen molar-refractivity contribution in [3.63, 3.8) is 0 Å². The van der Waals surface area contributed by atoms with Gasteiger partial charge in [0.05, 0.1) is 13.7 Å². The predicted molar refractivity (Wildman–Crippen MR) is 58.1 cm³/mol. The van der Waals surface area contributed by atoms with E-state index in [2.05, 4.69) is 0 Å². The van der Waals surface area contributed by atoms with Crippen molar-refractivity contribution in [3.05, 3.63) is 28.5 Å². The van der Waals surface area contributed by atoms with Crippen LogP contribution in [0.1, 0.15) is 19.4 Å². The average molecular weight is 233 g/mol. The van der Waals surface area contributed by atoms with Gasteiger partial charge in [-0.1, -0.05) is 31.5 Å². The molecule has 1 rings (SSSR count). The largest absolute Gasteiger partial charge is 0.495 e. The number of rotatable bonds is 3. The van der Waals surface area contributed by atoms with Gasteiger partial charge < -0.3 is 9.84 Å². The number of aliphatic hydroxyl groups excluding tert-OH is 1. The maximum Gasteiger partial charge on any atom is 0.145 e. The first-order valence-corrected chi connectivity index (χ1v) is 4.95. The van der Waals surface area contributed by atoms with Crippen LogP contribution in [-0.2, 0) is 5.41 Å². The van der Waals surface area contributed by atoms with Crippen molar-refractivity contribution in [2.45, 2.75) is 19.3 Å². The second-order valence-corrected chi connectivity index (χ2v) is 4.36. The molecule has 0 bridgehead atoms. The van der Waals surface area contributed by atoms with Gasteiger partial charge in [-0.2, -0.15) is 0 Å². The monoisotopic (exact) mass is 232 g/mol. The van der Waals surface area contributed by atoms with E-state index in [0.717, 1.165) is 0 Å². The molecule has 1 aromatic carbocycles. The summed E-state index contributed by atoms with van der Waals surface area (Å²) < 4.78 is 18.2. The molecule has 84 valence electrons. The van der Waals surface area contributed by atoms with Crippen LogP contribution < -0.4 is 4.74 Å². The number of ether oxygens (including phenoxy) is 1. The lowest BCUT2D eigenvalue weighted by atomic mass is 9.85. The van der Waals surface area contributed by atoms with Gasteiger partial charge in [0.1, 0.15) is 16.6 Å². The van der Waals surface area contributed by atoms with Crippen molar-refractivity contribution in [2.75, 3.05) is 13.7 Å². The summed E-state index contributed by atoms with van der Waals surface area (Å²) in [5.41, 5.74) is 0.182. The van der Waals surface area contributed by atoms with Crippen LogP contribution in [0.25, 0.3) is 0 Å². The van der Waals surface area contributed by atoms with Gasteiger partial charge in [0.15, 0.2) is 0 Å². The molecule has 0 saturated carbocycles. The third-order valence-electron chi connectivity index (χ3n) is 2.38. The van der Waals surface area contributed by atoms with Gasteiger partial charge in [0, 0.05) is 11.0 Å². The fourth-order valence-electron chi connectivity index (χ4n) is 1.35. The maximum absolute atomic E-state index is 13.2. The Morgan fingerprint density at radius 3 is 2.53 bits per heavy atom. The van der Waals surface area contributed by atoms with E-state index in [0.29, 0.717) is 5.56 Å². The average Bonchev–Trinajstić information content (AvgIpc) is 2.21. The number of aliphatic hydroxyl groups is 1. The van der Waals surface area contributed by atoms with Crippen LogP contribution >= 0.6 is 11.6 Å². The third kappa shape index (κ3) is 2.24. The van der Waals surface area contributed by atoms with E-state index < -0.39 is 11.2 Å². The Kier molecular flexibility index (Phi) is 3.58. The summed E-state index contributed by atoms with van der Waals surface area (Å²) in [6.45, 7) is 3.60. The molecule has 0 heterocycles. The minimum absolute atomic E-state index is 0.0449. The molecule has 1 aromatic rings. The molecular weight excluding hydrogens is 219 g/mol. The zero-order valence-electron chi connectivity index (χ0n) is 8.97. The number of hydrogen-bond acceptors (Lipinski definition) is 2. The summed E-state index contributed by atoms with van der Waals surface area (Å²) in [5.74, 6) is -0.235. The third-order valence-corrected chi connectivity index (χ3v) is 2.73.